The summed E-state index contributed by atoms with van der Waals surface area (Å²) in [7, 11) is 1.07. The first kappa shape index (κ1) is 31.3. The molecule has 1 saturated heterocycles. The second-order valence-electron chi connectivity index (χ2n) is 7.62. The van der Waals surface area contributed by atoms with Crippen LogP contribution in [0.25, 0.3) is 0 Å². The SMILES string of the molecule is COC(=O)C(O)C1(O)CC(CCCCCCc2ccc(Cl)cc2Cl)OC1=O.[CH2-]CCC.[Li+]. The number of esters is 2. The van der Waals surface area contributed by atoms with Crippen LogP contribution in [0.1, 0.15) is 63.9 Å². The van der Waals surface area contributed by atoms with E-state index in [4.69, 9.17) is 27.9 Å². The Morgan fingerprint density at radius 2 is 1.94 bits per heavy atom. The minimum Gasteiger partial charge on any atom is -0.467 e. The van der Waals surface area contributed by atoms with Crippen LogP contribution in [0.5, 0.6) is 0 Å². The van der Waals surface area contributed by atoms with E-state index < -0.39 is 29.7 Å². The van der Waals surface area contributed by atoms with Crippen molar-refractivity contribution in [2.24, 2.45) is 0 Å². The summed E-state index contributed by atoms with van der Waals surface area (Å²) in [5, 5.41) is 21.4. The predicted octanol–water partition coefficient (Wildman–Crippen LogP) is 1.69. The Hall–Kier alpha value is -0.743. The molecule has 176 valence electrons. The molecule has 0 aromatic heterocycles. The van der Waals surface area contributed by atoms with Crippen LogP contribution in [-0.2, 0) is 25.5 Å². The van der Waals surface area contributed by atoms with Crippen molar-refractivity contribution in [2.45, 2.75) is 82.5 Å². The summed E-state index contributed by atoms with van der Waals surface area (Å²) in [6.07, 6.45) is 4.79. The van der Waals surface area contributed by atoms with Gasteiger partial charge in [0.2, 0.25) is 5.60 Å². The number of benzene rings is 1. The van der Waals surface area contributed by atoms with Crippen LogP contribution in [0, 0.1) is 6.92 Å². The van der Waals surface area contributed by atoms with E-state index in [2.05, 4.69) is 18.6 Å². The first-order chi connectivity index (χ1) is 14.7. The van der Waals surface area contributed by atoms with Gasteiger partial charge in [0.25, 0.3) is 0 Å². The molecule has 6 nitrogen and oxygen atoms in total. The Morgan fingerprint density at radius 1 is 1.31 bits per heavy atom. The van der Waals surface area contributed by atoms with Crippen LogP contribution in [-0.4, -0.2) is 47.1 Å². The van der Waals surface area contributed by atoms with E-state index in [9.17, 15) is 19.8 Å². The molecule has 32 heavy (non-hydrogen) atoms. The third kappa shape index (κ3) is 9.63. The molecule has 1 aliphatic heterocycles. The van der Waals surface area contributed by atoms with Crippen molar-refractivity contribution in [3.63, 3.8) is 0 Å². The molecule has 0 saturated carbocycles. The number of hydrogen-bond acceptors (Lipinski definition) is 6. The molecular weight excluding hydrogens is 450 g/mol. The van der Waals surface area contributed by atoms with Gasteiger partial charge in [-0.2, -0.15) is 6.42 Å². The van der Waals surface area contributed by atoms with Gasteiger partial charge < -0.3 is 26.6 Å². The molecular formula is C23H33Cl2LiO6. The van der Waals surface area contributed by atoms with Crippen LogP contribution >= 0.6 is 23.2 Å². The van der Waals surface area contributed by atoms with Crippen molar-refractivity contribution in [1.82, 2.24) is 0 Å². The average molecular weight is 483 g/mol. The largest absolute Gasteiger partial charge is 1.00 e. The normalized spacial score (nSPS) is 20.5. The fraction of sp³-hybridized carbons (Fsp3) is 0.609. The Kier molecular flexibility index (Phi) is 15.6. The van der Waals surface area contributed by atoms with E-state index in [1.165, 1.54) is 6.42 Å². The molecule has 2 rings (SSSR count). The van der Waals surface area contributed by atoms with Gasteiger partial charge in [0.1, 0.15) is 6.10 Å². The monoisotopic (exact) mass is 482 g/mol. The summed E-state index contributed by atoms with van der Waals surface area (Å²) in [6.45, 7) is 5.72. The van der Waals surface area contributed by atoms with E-state index in [-0.39, 0.29) is 25.3 Å². The molecule has 0 spiro atoms. The van der Waals surface area contributed by atoms with Gasteiger partial charge in [-0.15, -0.1) is 0 Å². The molecule has 3 atom stereocenters. The molecule has 0 radical (unpaired) electrons. The zero-order valence-electron chi connectivity index (χ0n) is 19.2. The smallest absolute Gasteiger partial charge is 0.467 e. The standard InChI is InChI=1S/C19H24Cl2O6.C4H9.Li/c1-26-17(23)16(22)19(25)11-14(27-18(19)24)7-5-3-2-4-6-12-8-9-13(20)10-15(12)21;1-3-4-2;/h8-10,14,16,22,25H,2-7,11H2,1H3;1,3-4H2,2H3;/q;-1;+1. The summed E-state index contributed by atoms with van der Waals surface area (Å²) >= 11 is 12.0. The Balaban J connectivity index is 0.00000177. The molecule has 0 amide bonds. The second kappa shape index (κ2) is 16.0. The van der Waals surface area contributed by atoms with Crippen molar-refractivity contribution < 1.29 is 48.1 Å². The Morgan fingerprint density at radius 3 is 2.50 bits per heavy atom. The molecule has 1 aromatic carbocycles. The average Bonchev–Trinajstić information content (AvgIpc) is 3.05. The summed E-state index contributed by atoms with van der Waals surface area (Å²) < 4.78 is 9.49. The summed E-state index contributed by atoms with van der Waals surface area (Å²) in [5.41, 5.74) is -1.17. The van der Waals surface area contributed by atoms with E-state index >= 15 is 0 Å². The van der Waals surface area contributed by atoms with Crippen molar-refractivity contribution in [2.75, 3.05) is 7.11 Å². The van der Waals surface area contributed by atoms with Crippen LogP contribution in [0.3, 0.4) is 0 Å². The van der Waals surface area contributed by atoms with Crippen LogP contribution in [0.15, 0.2) is 18.2 Å². The minimum absolute atomic E-state index is 0. The quantitative estimate of drug-likeness (QED) is 0.228. The number of carbonyl (C=O) groups excluding carboxylic acids is 2. The van der Waals surface area contributed by atoms with Crippen molar-refractivity contribution in [1.29, 1.82) is 0 Å². The van der Waals surface area contributed by atoms with E-state index in [0.717, 1.165) is 51.2 Å². The number of aliphatic hydroxyl groups excluding tert-OH is 1. The van der Waals surface area contributed by atoms with Crippen LogP contribution in [0.4, 0.5) is 0 Å². The van der Waals surface area contributed by atoms with Gasteiger partial charge in [-0.25, -0.2) is 9.59 Å². The van der Waals surface area contributed by atoms with Gasteiger partial charge in [0.05, 0.1) is 7.11 Å². The fourth-order valence-electron chi connectivity index (χ4n) is 3.18. The third-order valence-corrected chi connectivity index (χ3v) is 5.72. The molecule has 1 aliphatic rings. The Bertz CT molecular complexity index is 716. The number of unbranched alkanes of at least 4 members (excludes halogenated alkanes) is 4. The van der Waals surface area contributed by atoms with E-state index in [1.807, 2.05) is 12.1 Å². The second-order valence-corrected chi connectivity index (χ2v) is 8.47. The van der Waals surface area contributed by atoms with Gasteiger partial charge >= 0.3 is 30.8 Å². The number of methoxy groups -OCH3 is 1. The summed E-state index contributed by atoms with van der Waals surface area (Å²) in [5.74, 6) is -2.04. The maximum absolute atomic E-state index is 11.9. The molecule has 1 heterocycles. The number of hydrogen-bond donors (Lipinski definition) is 2. The first-order valence-electron chi connectivity index (χ1n) is 10.6. The molecule has 0 aliphatic carbocycles. The Labute approximate surface area is 213 Å². The van der Waals surface area contributed by atoms with Crippen molar-refractivity contribution >= 4 is 35.1 Å². The number of carbonyl (C=O) groups is 2. The van der Waals surface area contributed by atoms with E-state index in [1.54, 1.807) is 6.07 Å². The number of rotatable bonds is 10. The molecule has 0 bridgehead atoms. The predicted molar refractivity (Wildman–Crippen MR) is 121 cm³/mol. The number of ether oxygens (including phenoxy) is 2. The number of halogens is 2. The molecule has 9 heteroatoms. The molecule has 1 fully saturated rings. The summed E-state index contributed by atoms with van der Waals surface area (Å²) in [4.78, 5) is 23.2. The maximum Gasteiger partial charge on any atom is 1.00 e. The molecule has 2 N–H and O–H groups in total. The minimum atomic E-state index is -2.23. The van der Waals surface area contributed by atoms with Crippen LogP contribution < -0.4 is 18.9 Å². The van der Waals surface area contributed by atoms with E-state index in [0.29, 0.717) is 16.5 Å². The van der Waals surface area contributed by atoms with Gasteiger partial charge in [-0.3, -0.25) is 0 Å². The number of aliphatic hydroxyl groups is 2. The van der Waals surface area contributed by atoms with Gasteiger partial charge in [0, 0.05) is 16.5 Å². The fourth-order valence-corrected chi connectivity index (χ4v) is 3.68. The maximum atomic E-state index is 11.9. The number of cyclic esters (lactones) is 1. The zero-order chi connectivity index (χ0) is 23.4. The van der Waals surface area contributed by atoms with Crippen molar-refractivity contribution in [3.05, 3.63) is 40.7 Å². The first-order valence-corrected chi connectivity index (χ1v) is 11.4. The van der Waals surface area contributed by atoms with Gasteiger partial charge in [0.15, 0.2) is 6.10 Å². The zero-order valence-corrected chi connectivity index (χ0v) is 20.8. The summed E-state index contributed by atoms with van der Waals surface area (Å²) in [6, 6.07) is 5.48. The molecule has 1 aromatic rings. The van der Waals surface area contributed by atoms with Crippen LogP contribution in [0.2, 0.25) is 10.0 Å². The van der Waals surface area contributed by atoms with Gasteiger partial charge in [-0.1, -0.05) is 55.5 Å². The topological polar surface area (TPSA) is 93.1 Å². The third-order valence-electron chi connectivity index (χ3n) is 5.13. The van der Waals surface area contributed by atoms with Crippen molar-refractivity contribution in [3.8, 4) is 0 Å². The van der Waals surface area contributed by atoms with Gasteiger partial charge in [-0.05, 0) is 43.4 Å². The molecule has 3 unspecified atom stereocenters. The number of aryl methyl sites for hydroxylation is 1.